The third-order valence-electron chi connectivity index (χ3n) is 0.183. The zero-order valence-electron chi connectivity index (χ0n) is 5.77. The van der Waals surface area contributed by atoms with Crippen molar-refractivity contribution in [1.82, 2.24) is 6.15 Å². The molecule has 0 amide bonds. The van der Waals surface area contributed by atoms with Crippen LogP contribution in [0.1, 0.15) is 1.43 Å². The molecule has 0 aromatic rings. The molecule has 0 fully saturated rings. The summed E-state index contributed by atoms with van der Waals surface area (Å²) in [6, 6.07) is 0. The second-order valence-corrected chi connectivity index (χ2v) is 0.610. The molecular formula is C2H6FeKNO4. The Morgan fingerprint density at radius 2 is 1.22 bits per heavy atom. The molecule has 52 valence electrons. The summed E-state index contributed by atoms with van der Waals surface area (Å²) in [7, 11) is 0. The quantitative estimate of drug-likeness (QED) is 0.278. The van der Waals surface area contributed by atoms with E-state index in [9.17, 15) is 0 Å². The second-order valence-electron chi connectivity index (χ2n) is 0.610. The molecule has 0 aromatic carbocycles. The Bertz CT molecular complexity index is 89.3. The van der Waals surface area contributed by atoms with Crippen LogP contribution in [0.15, 0.2) is 0 Å². The standard InChI is InChI=1S/C2H2O4.Fe.K.H3N.H/c3-1(4)2(5)6;;;;/h(H,3,4)(H,5,6);;;1H3;/q;;+1;;-1. The van der Waals surface area contributed by atoms with Crippen molar-refractivity contribution in [3.8, 4) is 0 Å². The van der Waals surface area contributed by atoms with Gasteiger partial charge in [-0.1, -0.05) is 0 Å². The molecule has 0 aromatic heterocycles. The first kappa shape index (κ1) is 22.5. The summed E-state index contributed by atoms with van der Waals surface area (Å²) in [5, 5.41) is 14.8. The summed E-state index contributed by atoms with van der Waals surface area (Å²) in [6.07, 6.45) is 0. The van der Waals surface area contributed by atoms with Gasteiger partial charge in [0.25, 0.3) is 0 Å². The largest absolute Gasteiger partial charge is 1.00 e. The minimum Gasteiger partial charge on any atom is -1.00 e. The molecule has 0 saturated carbocycles. The van der Waals surface area contributed by atoms with Gasteiger partial charge in [-0.3, -0.25) is 0 Å². The molecule has 0 saturated heterocycles. The minimum atomic E-state index is -1.82. The molecule has 9 heavy (non-hydrogen) atoms. The Morgan fingerprint density at radius 3 is 1.22 bits per heavy atom. The first-order chi connectivity index (χ1) is 2.64. The maximum atomic E-state index is 9.10. The van der Waals surface area contributed by atoms with Crippen LogP contribution in [0.5, 0.6) is 0 Å². The molecule has 0 aliphatic carbocycles. The minimum absolute atomic E-state index is 0. The summed E-state index contributed by atoms with van der Waals surface area (Å²) in [5.74, 6) is -3.65. The van der Waals surface area contributed by atoms with E-state index >= 15 is 0 Å². The van der Waals surface area contributed by atoms with Crippen LogP contribution >= 0.6 is 0 Å². The van der Waals surface area contributed by atoms with E-state index in [0.717, 1.165) is 0 Å². The van der Waals surface area contributed by atoms with Crippen molar-refractivity contribution >= 4 is 11.9 Å². The van der Waals surface area contributed by atoms with E-state index in [-0.39, 0.29) is 76.0 Å². The van der Waals surface area contributed by atoms with Crippen molar-refractivity contribution in [1.29, 1.82) is 0 Å². The fourth-order valence-electron chi connectivity index (χ4n) is 0. The van der Waals surface area contributed by atoms with Crippen molar-refractivity contribution in [2.75, 3.05) is 0 Å². The maximum Gasteiger partial charge on any atom is 1.00 e. The summed E-state index contributed by atoms with van der Waals surface area (Å²) in [5.41, 5.74) is 0. The number of carboxylic acids is 2. The number of rotatable bonds is 0. The fourth-order valence-corrected chi connectivity index (χ4v) is 0. The van der Waals surface area contributed by atoms with Crippen molar-refractivity contribution in [3.63, 3.8) is 0 Å². The van der Waals surface area contributed by atoms with Gasteiger partial charge in [-0.15, -0.1) is 0 Å². The molecule has 0 atom stereocenters. The average molecular weight is 203 g/mol. The van der Waals surface area contributed by atoms with Crippen LogP contribution in [-0.4, -0.2) is 22.2 Å². The zero-order chi connectivity index (χ0) is 5.15. The van der Waals surface area contributed by atoms with E-state index in [1.807, 2.05) is 0 Å². The van der Waals surface area contributed by atoms with Gasteiger partial charge in [-0.2, -0.15) is 0 Å². The number of carbonyl (C=O) groups is 2. The smallest absolute Gasteiger partial charge is 1.00 e. The van der Waals surface area contributed by atoms with Crippen LogP contribution in [0.4, 0.5) is 0 Å². The number of hydrogen-bond donors (Lipinski definition) is 3. The van der Waals surface area contributed by atoms with Crippen LogP contribution in [0.3, 0.4) is 0 Å². The van der Waals surface area contributed by atoms with Crippen molar-refractivity contribution in [2.24, 2.45) is 0 Å². The predicted octanol–water partition coefficient (Wildman–Crippen LogP) is -3.57. The summed E-state index contributed by atoms with van der Waals surface area (Å²) >= 11 is 0. The van der Waals surface area contributed by atoms with Crippen molar-refractivity contribution in [2.45, 2.75) is 0 Å². The van der Waals surface area contributed by atoms with E-state index in [0.29, 0.717) is 0 Å². The Hall–Kier alpha value is 1.06. The van der Waals surface area contributed by atoms with Gasteiger partial charge >= 0.3 is 63.3 Å². The molecule has 0 heterocycles. The molecule has 5 N–H and O–H groups in total. The first-order valence-corrected chi connectivity index (χ1v) is 1.11. The number of aliphatic carboxylic acids is 2. The van der Waals surface area contributed by atoms with Crippen LogP contribution in [0.2, 0.25) is 0 Å². The monoisotopic (exact) mass is 203 g/mol. The Labute approximate surface area is 106 Å². The normalized spacial score (nSPS) is 4.89. The molecular weight excluding hydrogens is 197 g/mol. The van der Waals surface area contributed by atoms with Crippen molar-refractivity contribution in [3.05, 3.63) is 0 Å². The van der Waals surface area contributed by atoms with E-state index in [2.05, 4.69) is 0 Å². The van der Waals surface area contributed by atoms with Gasteiger partial charge in [0.05, 0.1) is 0 Å². The molecule has 0 radical (unpaired) electrons. The van der Waals surface area contributed by atoms with Gasteiger partial charge in [-0.25, -0.2) is 9.59 Å². The van der Waals surface area contributed by atoms with Crippen LogP contribution in [0.25, 0.3) is 0 Å². The summed E-state index contributed by atoms with van der Waals surface area (Å²) in [6.45, 7) is 0. The van der Waals surface area contributed by atoms with Crippen LogP contribution in [-0.2, 0) is 26.7 Å². The third-order valence-corrected chi connectivity index (χ3v) is 0.183. The number of hydrogen-bond acceptors (Lipinski definition) is 3. The molecule has 0 spiro atoms. The zero-order valence-corrected chi connectivity index (χ0v) is 9.00. The third kappa shape index (κ3) is 17.6. The van der Waals surface area contributed by atoms with Crippen LogP contribution in [0, 0.1) is 0 Å². The van der Waals surface area contributed by atoms with Gasteiger partial charge < -0.3 is 17.8 Å². The van der Waals surface area contributed by atoms with Gasteiger partial charge in [0.2, 0.25) is 0 Å². The second kappa shape index (κ2) is 11.8. The topological polar surface area (TPSA) is 110 Å². The molecule has 0 unspecified atom stereocenters. The fraction of sp³-hybridized carbons (Fsp3) is 0. The van der Waals surface area contributed by atoms with E-state index < -0.39 is 11.9 Å². The first-order valence-electron chi connectivity index (χ1n) is 1.11. The summed E-state index contributed by atoms with van der Waals surface area (Å²) in [4.78, 5) is 18.2. The molecule has 7 heteroatoms. The van der Waals surface area contributed by atoms with Gasteiger partial charge in [0, 0.05) is 17.1 Å². The van der Waals surface area contributed by atoms with Gasteiger partial charge in [-0.05, 0) is 0 Å². The maximum absolute atomic E-state index is 9.10. The SMILES string of the molecule is N.O=C(O)C(=O)O.[Fe].[H-].[K+]. The summed E-state index contributed by atoms with van der Waals surface area (Å²) < 4.78 is 0. The van der Waals surface area contributed by atoms with E-state index in [1.165, 1.54) is 0 Å². The van der Waals surface area contributed by atoms with Crippen molar-refractivity contribution < 1.29 is 89.7 Å². The molecule has 0 aliphatic rings. The molecule has 0 rings (SSSR count). The molecule has 5 nitrogen and oxygen atoms in total. The Morgan fingerprint density at radius 1 is 1.11 bits per heavy atom. The van der Waals surface area contributed by atoms with Gasteiger partial charge in [0.1, 0.15) is 0 Å². The predicted molar refractivity (Wildman–Crippen MR) is 21.4 cm³/mol. The van der Waals surface area contributed by atoms with Crippen LogP contribution < -0.4 is 57.5 Å². The van der Waals surface area contributed by atoms with E-state index in [1.54, 1.807) is 0 Å². The molecule has 0 aliphatic heterocycles. The van der Waals surface area contributed by atoms with E-state index in [4.69, 9.17) is 19.8 Å². The van der Waals surface area contributed by atoms with Gasteiger partial charge in [0.15, 0.2) is 0 Å². The average Bonchev–Trinajstić information content (AvgIpc) is 1.36. The Balaban J connectivity index is -0.0000000208. The molecule has 0 bridgehead atoms. The number of carboxylic acid groups (broad SMARTS) is 2. The Kier molecular flexibility index (Phi) is 29.5.